The topological polar surface area (TPSA) is 67.6 Å². The quantitative estimate of drug-likeness (QED) is 0.406. The maximum atomic E-state index is 5.94. The zero-order valence-electron chi connectivity index (χ0n) is 15.7. The Balaban J connectivity index is 0.00000243. The molecule has 0 spiro atoms. The molecular weight excluding hydrogens is 463 g/mol. The molecule has 1 aliphatic rings. The minimum Gasteiger partial charge on any atom is -0.370 e. The normalized spacial score (nSPS) is 17.9. The van der Waals surface area contributed by atoms with Gasteiger partial charge in [0.05, 0.1) is 36.6 Å². The average molecular weight is 490 g/mol. The molecule has 9 heteroatoms. The minimum atomic E-state index is 0. The van der Waals surface area contributed by atoms with Crippen LogP contribution in [0.5, 0.6) is 0 Å². The number of hydrogen-bond acceptors (Lipinski definition) is 5. The lowest BCUT2D eigenvalue weighted by atomic mass is 10.1. The van der Waals surface area contributed by atoms with E-state index in [1.807, 2.05) is 31.0 Å². The van der Waals surface area contributed by atoms with Gasteiger partial charge in [0.1, 0.15) is 6.10 Å². The highest BCUT2D eigenvalue weighted by Gasteiger charge is 2.25. The summed E-state index contributed by atoms with van der Waals surface area (Å²) in [5, 5.41) is 8.76. The second-order valence-electron chi connectivity index (χ2n) is 6.16. The maximum absolute atomic E-state index is 5.94. The number of aromatic nitrogens is 3. The summed E-state index contributed by atoms with van der Waals surface area (Å²) in [4.78, 5) is 12.8. The first-order valence-electron chi connectivity index (χ1n) is 8.63. The second-order valence-corrected chi connectivity index (χ2v) is 7.45. The summed E-state index contributed by atoms with van der Waals surface area (Å²) in [5.41, 5.74) is 2.19. The molecule has 1 N–H and O–H groups in total. The van der Waals surface area contributed by atoms with E-state index in [0.29, 0.717) is 13.2 Å². The van der Waals surface area contributed by atoms with E-state index in [-0.39, 0.29) is 30.1 Å². The Hall–Kier alpha value is -1.20. The first kappa shape index (κ1) is 21.1. The number of guanidine groups is 1. The second kappa shape index (κ2) is 9.65. The molecule has 144 valence electrons. The van der Waals surface area contributed by atoms with Crippen molar-refractivity contribution in [2.24, 2.45) is 12.0 Å². The van der Waals surface area contributed by atoms with Gasteiger partial charge in [0.2, 0.25) is 0 Å². The van der Waals surface area contributed by atoms with Gasteiger partial charge in [0, 0.05) is 36.8 Å². The van der Waals surface area contributed by atoms with E-state index in [1.54, 1.807) is 11.3 Å². The number of aryl methyl sites for hydroxylation is 3. The fourth-order valence-corrected chi connectivity index (χ4v) is 3.80. The van der Waals surface area contributed by atoms with Crippen LogP contribution in [-0.4, -0.2) is 51.9 Å². The SMILES string of the molecule is CCNC(=NCc1sc(C)nc1C)N1CCOC(c2cnn(C)c2)C1.I. The molecule has 7 nitrogen and oxygen atoms in total. The van der Waals surface area contributed by atoms with Crippen LogP contribution >= 0.6 is 35.3 Å². The Labute approximate surface area is 175 Å². The Morgan fingerprint density at radius 3 is 2.88 bits per heavy atom. The van der Waals surface area contributed by atoms with Crippen molar-refractivity contribution in [3.63, 3.8) is 0 Å². The number of morpholine rings is 1. The first-order valence-corrected chi connectivity index (χ1v) is 9.44. The van der Waals surface area contributed by atoms with Crippen molar-refractivity contribution in [1.82, 2.24) is 25.0 Å². The molecule has 2 aromatic heterocycles. The lowest BCUT2D eigenvalue weighted by Crippen LogP contribution is -2.48. The number of thiazole rings is 1. The van der Waals surface area contributed by atoms with Gasteiger partial charge in [0.25, 0.3) is 0 Å². The number of aliphatic imine (C=N–C) groups is 1. The van der Waals surface area contributed by atoms with Crippen molar-refractivity contribution >= 4 is 41.3 Å². The summed E-state index contributed by atoms with van der Waals surface area (Å²) in [5.74, 6) is 0.935. The molecule has 1 atom stereocenters. The van der Waals surface area contributed by atoms with Crippen LogP contribution in [0, 0.1) is 13.8 Å². The summed E-state index contributed by atoms with van der Waals surface area (Å²) >= 11 is 1.72. The molecule has 26 heavy (non-hydrogen) atoms. The number of halogens is 1. The van der Waals surface area contributed by atoms with E-state index < -0.39 is 0 Å². The average Bonchev–Trinajstić information content (AvgIpc) is 3.17. The third-order valence-electron chi connectivity index (χ3n) is 4.17. The van der Waals surface area contributed by atoms with Gasteiger partial charge in [-0.05, 0) is 20.8 Å². The molecule has 0 saturated carbocycles. The highest BCUT2D eigenvalue weighted by molar-refractivity contribution is 14.0. The summed E-state index contributed by atoms with van der Waals surface area (Å²) in [7, 11) is 1.93. The number of ether oxygens (including phenoxy) is 1. The summed E-state index contributed by atoms with van der Waals surface area (Å²) in [6.07, 6.45) is 3.92. The van der Waals surface area contributed by atoms with Crippen LogP contribution in [0.15, 0.2) is 17.4 Å². The van der Waals surface area contributed by atoms with Crippen molar-refractivity contribution in [2.75, 3.05) is 26.2 Å². The van der Waals surface area contributed by atoms with Gasteiger partial charge in [-0.2, -0.15) is 5.10 Å². The molecule has 0 aromatic carbocycles. The third kappa shape index (κ3) is 5.17. The smallest absolute Gasteiger partial charge is 0.194 e. The van der Waals surface area contributed by atoms with Gasteiger partial charge >= 0.3 is 0 Å². The monoisotopic (exact) mass is 490 g/mol. The van der Waals surface area contributed by atoms with Crippen LogP contribution in [0.1, 0.15) is 34.2 Å². The molecule has 1 fully saturated rings. The van der Waals surface area contributed by atoms with Crippen molar-refractivity contribution in [1.29, 1.82) is 0 Å². The highest BCUT2D eigenvalue weighted by Crippen LogP contribution is 2.22. The van der Waals surface area contributed by atoms with E-state index in [1.165, 1.54) is 4.88 Å². The summed E-state index contributed by atoms with van der Waals surface area (Å²) < 4.78 is 7.75. The van der Waals surface area contributed by atoms with Crippen molar-refractivity contribution < 1.29 is 4.74 Å². The van der Waals surface area contributed by atoms with Crippen LogP contribution < -0.4 is 5.32 Å². The van der Waals surface area contributed by atoms with Gasteiger partial charge in [-0.25, -0.2) is 9.98 Å². The molecule has 2 aromatic rings. The van der Waals surface area contributed by atoms with Crippen molar-refractivity contribution in [2.45, 2.75) is 33.4 Å². The predicted molar refractivity (Wildman–Crippen MR) is 115 cm³/mol. The Morgan fingerprint density at radius 2 is 2.27 bits per heavy atom. The number of rotatable bonds is 4. The molecule has 1 aliphatic heterocycles. The van der Waals surface area contributed by atoms with E-state index in [4.69, 9.17) is 9.73 Å². The zero-order chi connectivity index (χ0) is 17.8. The van der Waals surface area contributed by atoms with E-state index in [9.17, 15) is 0 Å². The highest BCUT2D eigenvalue weighted by atomic mass is 127. The van der Waals surface area contributed by atoms with Crippen LogP contribution in [-0.2, 0) is 18.3 Å². The van der Waals surface area contributed by atoms with Crippen molar-refractivity contribution in [3.8, 4) is 0 Å². The Kier molecular flexibility index (Phi) is 7.84. The fourth-order valence-electron chi connectivity index (χ4n) is 2.94. The molecule has 0 aliphatic carbocycles. The predicted octanol–water partition coefficient (Wildman–Crippen LogP) is 2.65. The molecule has 3 rings (SSSR count). The molecule has 0 bridgehead atoms. The van der Waals surface area contributed by atoms with Crippen LogP contribution in [0.4, 0.5) is 0 Å². The lowest BCUT2D eigenvalue weighted by molar-refractivity contribution is -0.00805. The van der Waals surface area contributed by atoms with E-state index in [0.717, 1.165) is 41.9 Å². The van der Waals surface area contributed by atoms with Crippen molar-refractivity contribution in [3.05, 3.63) is 33.5 Å². The summed E-state index contributed by atoms with van der Waals surface area (Å²) in [6, 6.07) is 0. The zero-order valence-corrected chi connectivity index (χ0v) is 18.9. The van der Waals surface area contributed by atoms with Gasteiger partial charge in [-0.3, -0.25) is 4.68 Å². The number of nitrogens with zero attached hydrogens (tertiary/aromatic N) is 5. The number of hydrogen-bond donors (Lipinski definition) is 1. The third-order valence-corrected chi connectivity index (χ3v) is 5.23. The minimum absolute atomic E-state index is 0. The Morgan fingerprint density at radius 1 is 1.46 bits per heavy atom. The number of nitrogens with one attached hydrogen (secondary N) is 1. The van der Waals surface area contributed by atoms with Crippen LogP contribution in [0.2, 0.25) is 0 Å². The van der Waals surface area contributed by atoms with Gasteiger partial charge in [-0.1, -0.05) is 0 Å². The summed E-state index contributed by atoms with van der Waals surface area (Å²) in [6.45, 7) is 9.98. The maximum Gasteiger partial charge on any atom is 0.194 e. The fraction of sp³-hybridized carbons (Fsp3) is 0.588. The largest absolute Gasteiger partial charge is 0.370 e. The Bertz CT molecular complexity index is 743. The molecule has 1 saturated heterocycles. The molecular formula is C17H27IN6OS. The first-order chi connectivity index (χ1) is 12.1. The van der Waals surface area contributed by atoms with E-state index in [2.05, 4.69) is 34.1 Å². The van der Waals surface area contributed by atoms with Gasteiger partial charge < -0.3 is 15.0 Å². The molecule has 3 heterocycles. The molecule has 0 amide bonds. The molecule has 1 unspecified atom stereocenters. The molecule has 0 radical (unpaired) electrons. The van der Waals surface area contributed by atoms with Gasteiger partial charge in [0.15, 0.2) is 5.96 Å². The van der Waals surface area contributed by atoms with Crippen LogP contribution in [0.3, 0.4) is 0 Å². The van der Waals surface area contributed by atoms with E-state index >= 15 is 0 Å². The van der Waals surface area contributed by atoms with Crippen LogP contribution in [0.25, 0.3) is 0 Å². The lowest BCUT2D eigenvalue weighted by Gasteiger charge is -2.34. The van der Waals surface area contributed by atoms with Gasteiger partial charge in [-0.15, -0.1) is 35.3 Å². The standard InChI is InChI=1S/C17H26N6OS.HI/c1-5-18-17(19-9-16-12(2)21-13(3)25-16)23-6-7-24-15(11-23)14-8-20-22(4)10-14;/h8,10,15H,5-7,9,11H2,1-4H3,(H,18,19);1H.